The molecule has 3 N–H and O–H groups in total. The molecule has 0 amide bonds. The Morgan fingerprint density at radius 2 is 1.78 bits per heavy atom. The number of ether oxygens (including phenoxy) is 2. The second-order valence-electron chi connectivity index (χ2n) is 4.02. The minimum absolute atomic E-state index is 0.00966. The second kappa shape index (κ2) is 8.25. The lowest BCUT2D eigenvalue weighted by molar-refractivity contribution is -0.328. The first-order valence-corrected chi connectivity index (χ1v) is 8.29. The van der Waals surface area contributed by atoms with Crippen molar-refractivity contribution in [3.8, 4) is 0 Å². The van der Waals surface area contributed by atoms with Gasteiger partial charge in [-0.3, -0.25) is 9.09 Å². The van der Waals surface area contributed by atoms with Gasteiger partial charge in [0.25, 0.3) is 5.97 Å². The number of hydrogen-bond donors (Lipinski definition) is 2. The summed E-state index contributed by atoms with van der Waals surface area (Å²) in [6, 6.07) is 0. The molecule has 110 valence electrons. The highest BCUT2D eigenvalue weighted by atomic mass is 31.2. The summed E-state index contributed by atoms with van der Waals surface area (Å²) in [5.74, 6) is -1.34. The third kappa shape index (κ3) is 6.27. The monoisotopic (exact) mass is 283 g/mol. The van der Waals surface area contributed by atoms with Crippen LogP contribution in [0.3, 0.4) is 0 Å². The van der Waals surface area contributed by atoms with Crippen molar-refractivity contribution in [1.82, 2.24) is 0 Å². The highest BCUT2D eigenvalue weighted by molar-refractivity contribution is 7.59. The van der Waals surface area contributed by atoms with E-state index >= 15 is 0 Å². The molecule has 0 rings (SSSR count). The van der Waals surface area contributed by atoms with Gasteiger partial charge in [0.05, 0.1) is 12.3 Å². The molecule has 0 radical (unpaired) electrons. The average Bonchev–Trinajstić information content (AvgIpc) is 2.28. The fourth-order valence-corrected chi connectivity index (χ4v) is 3.51. The summed E-state index contributed by atoms with van der Waals surface area (Å²) in [6.45, 7) is 7.71. The number of aliphatic hydroxyl groups excluding tert-OH is 1. The number of hydrogen-bond acceptors (Lipinski definition) is 6. The SMILES string of the molecule is CCOC(C)(OCC)OP(=O)(CC)C[C@H](O)CN. The Kier molecular flexibility index (Phi) is 8.26. The molecule has 2 atom stereocenters. The highest BCUT2D eigenvalue weighted by Gasteiger charge is 2.37. The lowest BCUT2D eigenvalue weighted by Gasteiger charge is -2.33. The maximum Gasteiger partial charge on any atom is 0.285 e. The van der Waals surface area contributed by atoms with Gasteiger partial charge in [-0.25, -0.2) is 0 Å². The molecular weight excluding hydrogens is 257 g/mol. The van der Waals surface area contributed by atoms with E-state index in [2.05, 4.69) is 0 Å². The molecule has 0 aromatic rings. The molecule has 0 aliphatic carbocycles. The van der Waals surface area contributed by atoms with Gasteiger partial charge in [0.2, 0.25) is 7.37 Å². The zero-order chi connectivity index (χ0) is 14.2. The summed E-state index contributed by atoms with van der Waals surface area (Å²) >= 11 is 0. The van der Waals surface area contributed by atoms with E-state index in [1.165, 1.54) is 0 Å². The third-order valence-corrected chi connectivity index (χ3v) is 4.99. The Labute approximate surface area is 109 Å². The summed E-state index contributed by atoms with van der Waals surface area (Å²) in [4.78, 5) is 0. The normalized spacial score (nSPS) is 17.4. The smallest absolute Gasteiger partial charge is 0.285 e. The molecule has 0 saturated carbocycles. The summed E-state index contributed by atoms with van der Waals surface area (Å²) < 4.78 is 28.7. The molecule has 0 fully saturated rings. The molecule has 18 heavy (non-hydrogen) atoms. The Morgan fingerprint density at radius 1 is 1.28 bits per heavy atom. The van der Waals surface area contributed by atoms with Crippen LogP contribution in [0.15, 0.2) is 0 Å². The van der Waals surface area contributed by atoms with Crippen LogP contribution < -0.4 is 5.73 Å². The van der Waals surface area contributed by atoms with Gasteiger partial charge in [0, 0.05) is 32.8 Å². The van der Waals surface area contributed by atoms with Crippen molar-refractivity contribution < 1.29 is 23.7 Å². The fourth-order valence-electron chi connectivity index (χ4n) is 1.55. The Hall–Kier alpha value is 0.0300. The van der Waals surface area contributed by atoms with Crippen LogP contribution in [0, 0.1) is 0 Å². The summed E-state index contributed by atoms with van der Waals surface area (Å²) in [6.07, 6.45) is -0.543. The summed E-state index contributed by atoms with van der Waals surface area (Å²) in [5.41, 5.74) is 5.33. The second-order valence-corrected chi connectivity index (χ2v) is 6.83. The molecule has 0 aromatic carbocycles. The maximum atomic E-state index is 12.5. The van der Waals surface area contributed by atoms with Crippen molar-refractivity contribution in [1.29, 1.82) is 0 Å². The Bertz CT molecular complexity index is 268. The van der Waals surface area contributed by atoms with Crippen LogP contribution in [0.4, 0.5) is 0 Å². The first-order valence-electron chi connectivity index (χ1n) is 6.29. The first-order chi connectivity index (χ1) is 8.34. The number of aliphatic hydroxyl groups is 1. The Morgan fingerprint density at radius 3 is 2.11 bits per heavy atom. The van der Waals surface area contributed by atoms with Gasteiger partial charge in [-0.1, -0.05) is 6.92 Å². The molecule has 7 heteroatoms. The summed E-state index contributed by atoms with van der Waals surface area (Å²) in [5, 5.41) is 9.52. The topological polar surface area (TPSA) is 91.0 Å². The van der Waals surface area contributed by atoms with Gasteiger partial charge in [0.15, 0.2) is 0 Å². The van der Waals surface area contributed by atoms with Crippen LogP contribution in [-0.4, -0.2) is 49.3 Å². The molecule has 0 bridgehead atoms. The molecule has 6 nitrogen and oxygen atoms in total. The lowest BCUT2D eigenvalue weighted by Crippen LogP contribution is -2.36. The van der Waals surface area contributed by atoms with E-state index in [4.69, 9.17) is 19.7 Å². The van der Waals surface area contributed by atoms with Crippen LogP contribution in [0.25, 0.3) is 0 Å². The van der Waals surface area contributed by atoms with Gasteiger partial charge in [-0.15, -0.1) is 0 Å². The zero-order valence-corrected chi connectivity index (χ0v) is 12.6. The van der Waals surface area contributed by atoms with Gasteiger partial charge in [-0.05, 0) is 13.8 Å². The van der Waals surface area contributed by atoms with Crippen molar-refractivity contribution in [3.05, 3.63) is 0 Å². The zero-order valence-electron chi connectivity index (χ0n) is 11.7. The van der Waals surface area contributed by atoms with Crippen molar-refractivity contribution >= 4 is 7.37 Å². The van der Waals surface area contributed by atoms with Crippen molar-refractivity contribution in [2.45, 2.75) is 39.8 Å². The van der Waals surface area contributed by atoms with Crippen molar-refractivity contribution in [2.24, 2.45) is 5.73 Å². The van der Waals surface area contributed by atoms with Gasteiger partial charge >= 0.3 is 0 Å². The number of rotatable bonds is 10. The Balaban J connectivity index is 4.78. The van der Waals surface area contributed by atoms with E-state index < -0.39 is 19.4 Å². The first kappa shape index (κ1) is 18.0. The van der Waals surface area contributed by atoms with E-state index in [0.29, 0.717) is 19.4 Å². The molecule has 1 unspecified atom stereocenters. The van der Waals surface area contributed by atoms with E-state index in [9.17, 15) is 9.67 Å². The molecule has 0 aliphatic rings. The van der Waals surface area contributed by atoms with Gasteiger partial charge in [-0.2, -0.15) is 0 Å². The van der Waals surface area contributed by atoms with Crippen LogP contribution in [-0.2, 0) is 18.6 Å². The van der Waals surface area contributed by atoms with Crippen LogP contribution in [0.5, 0.6) is 0 Å². The third-order valence-electron chi connectivity index (χ3n) is 2.39. The van der Waals surface area contributed by atoms with E-state index in [1.54, 1.807) is 27.7 Å². The van der Waals surface area contributed by atoms with Gasteiger partial charge in [0.1, 0.15) is 0 Å². The van der Waals surface area contributed by atoms with Crippen LogP contribution >= 0.6 is 7.37 Å². The van der Waals surface area contributed by atoms with Crippen molar-refractivity contribution in [2.75, 3.05) is 32.1 Å². The lowest BCUT2D eigenvalue weighted by atomic mass is 10.4. The minimum Gasteiger partial charge on any atom is -0.391 e. The van der Waals surface area contributed by atoms with E-state index in [1.807, 2.05) is 0 Å². The average molecular weight is 283 g/mol. The number of nitrogens with two attached hydrogens (primary N) is 1. The van der Waals surface area contributed by atoms with Gasteiger partial charge < -0.3 is 20.3 Å². The fraction of sp³-hybridized carbons (Fsp3) is 1.00. The quantitative estimate of drug-likeness (QED) is 0.465. The minimum atomic E-state index is -3.03. The van der Waals surface area contributed by atoms with E-state index in [-0.39, 0.29) is 12.7 Å². The molecular formula is C11H26NO5P. The largest absolute Gasteiger partial charge is 0.391 e. The standard InChI is InChI=1S/C11H26NO5P/c1-5-15-11(4,16-6-2)17-18(14,7-3)9-10(13)8-12/h10,13H,5-9,12H2,1-4H3/t10-,18?/m1/s1. The molecule has 0 aliphatic heterocycles. The summed E-state index contributed by atoms with van der Waals surface area (Å²) in [7, 11) is -3.03. The molecule has 0 spiro atoms. The van der Waals surface area contributed by atoms with Crippen LogP contribution in [0.2, 0.25) is 0 Å². The van der Waals surface area contributed by atoms with Crippen LogP contribution in [0.1, 0.15) is 27.7 Å². The predicted molar refractivity (Wildman–Crippen MR) is 70.8 cm³/mol. The molecule has 0 heterocycles. The van der Waals surface area contributed by atoms with E-state index in [0.717, 1.165) is 0 Å². The highest BCUT2D eigenvalue weighted by Crippen LogP contribution is 2.50. The molecule has 0 saturated heterocycles. The predicted octanol–water partition coefficient (Wildman–Crippen LogP) is 1.37. The maximum absolute atomic E-state index is 12.5. The van der Waals surface area contributed by atoms with Crippen molar-refractivity contribution in [3.63, 3.8) is 0 Å². The molecule has 0 aromatic heterocycles.